The van der Waals surface area contributed by atoms with Crippen LogP contribution in [0.5, 0.6) is 0 Å². The molecular weight excluding hydrogens is 560 g/mol. The molecule has 2 aliphatic heterocycles. The number of carbonyl (C=O) groups excluding carboxylic acids is 2. The van der Waals surface area contributed by atoms with Gasteiger partial charge in [0.25, 0.3) is 0 Å². The average Bonchev–Trinajstić information content (AvgIpc) is 3.31. The number of hydrogen-bond acceptors (Lipinski definition) is 8. The van der Waals surface area contributed by atoms with Gasteiger partial charge >= 0.3 is 5.97 Å². The summed E-state index contributed by atoms with van der Waals surface area (Å²) in [6.07, 6.45) is 4.54. The minimum atomic E-state index is -1.87. The topological polar surface area (TPSA) is 109 Å². The largest absolute Gasteiger partial charge is 0.451 e. The number of hydrogen-bond donors (Lipinski definition) is 1. The molecule has 1 spiro atoms. The number of ether oxygens (including phenoxy) is 4. The van der Waals surface area contributed by atoms with E-state index in [1.807, 2.05) is 51.5 Å². The third kappa shape index (κ3) is 4.51. The number of rotatable bonds is 4. The standard InChI is InChI=1S/C35H50N2O7/c1-19-16-34-21(3)14-20(2)32(6,7)26(28(34)38)15-25-18-42-33(8,9)44-30(25)35(34,40)29(19)43-31(39)27-22(4)36-37(23(27)5)17-24-10-12-41-13-11-24/h15-16,20-21,24,26,29-30,40H,10-14,17-18H2,1-9H3/t20-,21?,26+,29-,30+,34?,35+/m0/s1. The SMILES string of the molecule is CC1=CC23C(=O)[C@@H](C=C4COC(C)(C)O[C@H]4[C@]2(O)[C@H]1OC(=O)c1c(C)nn(CC2CCOCC2)c1C)C(C)(C)[C@@H](C)CC3C. The van der Waals surface area contributed by atoms with Crippen LogP contribution in [0.25, 0.3) is 0 Å². The zero-order chi connectivity index (χ0) is 32.0. The van der Waals surface area contributed by atoms with Crippen LogP contribution in [0.3, 0.4) is 0 Å². The van der Waals surface area contributed by atoms with Gasteiger partial charge in [-0.05, 0) is 88.2 Å². The van der Waals surface area contributed by atoms with E-state index in [0.717, 1.165) is 43.7 Å². The van der Waals surface area contributed by atoms with E-state index >= 15 is 0 Å². The van der Waals surface area contributed by atoms with Crippen LogP contribution in [0.4, 0.5) is 0 Å². The maximum absolute atomic E-state index is 15.0. The maximum atomic E-state index is 15.0. The molecule has 3 aliphatic carbocycles. The second kappa shape index (κ2) is 10.6. The lowest BCUT2D eigenvalue weighted by molar-refractivity contribution is -0.302. The van der Waals surface area contributed by atoms with Gasteiger partial charge < -0.3 is 24.1 Å². The summed E-state index contributed by atoms with van der Waals surface area (Å²) in [5, 5.41) is 18.0. The van der Waals surface area contributed by atoms with Crippen molar-refractivity contribution >= 4 is 11.8 Å². The third-order valence-corrected chi connectivity index (χ3v) is 11.9. The average molecular weight is 611 g/mol. The van der Waals surface area contributed by atoms with Gasteiger partial charge in [0, 0.05) is 25.7 Å². The van der Waals surface area contributed by atoms with Gasteiger partial charge in [0.1, 0.15) is 11.7 Å². The van der Waals surface area contributed by atoms with Crippen molar-refractivity contribution in [3.63, 3.8) is 0 Å². The van der Waals surface area contributed by atoms with E-state index in [1.54, 1.807) is 0 Å². The number of aryl methyl sites for hydroxylation is 1. The minimum absolute atomic E-state index is 0.0419. The number of Topliss-reactive ketones (excluding diaryl/α,β-unsaturated/α-hetero) is 1. The smallest absolute Gasteiger partial charge is 0.342 e. The van der Waals surface area contributed by atoms with Crippen LogP contribution in [0.15, 0.2) is 23.3 Å². The zero-order valence-electron chi connectivity index (χ0n) is 27.9. The summed E-state index contributed by atoms with van der Waals surface area (Å²) >= 11 is 0. The van der Waals surface area contributed by atoms with Gasteiger partial charge in [-0.1, -0.05) is 39.8 Å². The number of aromatic nitrogens is 2. The molecule has 0 radical (unpaired) electrons. The molecule has 1 aromatic heterocycles. The molecule has 2 saturated heterocycles. The molecule has 1 N–H and O–H groups in total. The van der Waals surface area contributed by atoms with Crippen LogP contribution in [-0.2, 0) is 30.3 Å². The Balaban J connectivity index is 1.43. The monoisotopic (exact) mass is 610 g/mol. The first-order valence-corrected chi connectivity index (χ1v) is 16.4. The highest BCUT2D eigenvalue weighted by molar-refractivity contribution is 5.96. The van der Waals surface area contributed by atoms with Crippen LogP contribution < -0.4 is 0 Å². The second-order valence-electron chi connectivity index (χ2n) is 15.3. The van der Waals surface area contributed by atoms with E-state index in [4.69, 9.17) is 24.0 Å². The van der Waals surface area contributed by atoms with Crippen LogP contribution >= 0.6 is 0 Å². The number of carbonyl (C=O) groups is 2. The molecule has 3 fully saturated rings. The number of aliphatic hydroxyl groups is 1. The molecule has 1 saturated carbocycles. The summed E-state index contributed by atoms with van der Waals surface area (Å²) in [6, 6.07) is 0. The molecule has 2 unspecified atom stereocenters. The van der Waals surface area contributed by atoms with Gasteiger partial charge in [-0.3, -0.25) is 9.48 Å². The summed E-state index contributed by atoms with van der Waals surface area (Å²) in [7, 11) is 0. The minimum Gasteiger partial charge on any atom is -0.451 e. The van der Waals surface area contributed by atoms with Crippen LogP contribution in [0.1, 0.15) is 89.5 Å². The van der Waals surface area contributed by atoms with Crippen LogP contribution in [-0.4, -0.2) is 70.1 Å². The van der Waals surface area contributed by atoms with Crippen molar-refractivity contribution in [2.24, 2.45) is 34.5 Å². The van der Waals surface area contributed by atoms with E-state index in [9.17, 15) is 14.7 Å². The predicted octanol–water partition coefficient (Wildman–Crippen LogP) is 5.11. The fourth-order valence-electron chi connectivity index (χ4n) is 8.87. The Hall–Kier alpha value is -2.33. The Kier molecular flexibility index (Phi) is 7.63. The molecule has 5 aliphatic rings. The highest BCUT2D eigenvalue weighted by Crippen LogP contribution is 2.64. The zero-order valence-corrected chi connectivity index (χ0v) is 27.9. The molecule has 2 bridgehead atoms. The Morgan fingerprint density at radius 2 is 1.80 bits per heavy atom. The van der Waals surface area contributed by atoms with Gasteiger partial charge in [-0.25, -0.2) is 4.79 Å². The molecule has 0 amide bonds. The Bertz CT molecular complexity index is 1420. The molecule has 1 aromatic rings. The van der Waals surface area contributed by atoms with E-state index in [2.05, 4.69) is 27.7 Å². The van der Waals surface area contributed by atoms with Crippen molar-refractivity contribution < 1.29 is 33.6 Å². The van der Waals surface area contributed by atoms with Gasteiger partial charge in [0.2, 0.25) is 0 Å². The maximum Gasteiger partial charge on any atom is 0.342 e. The highest BCUT2D eigenvalue weighted by atomic mass is 16.7. The number of esters is 1. The molecule has 9 heteroatoms. The Morgan fingerprint density at radius 1 is 1.11 bits per heavy atom. The van der Waals surface area contributed by atoms with Gasteiger partial charge in [0.15, 0.2) is 23.3 Å². The summed E-state index contributed by atoms with van der Waals surface area (Å²) in [5.74, 6) is -1.67. The number of ketones is 1. The summed E-state index contributed by atoms with van der Waals surface area (Å²) in [5.41, 5.74) is -0.449. The van der Waals surface area contributed by atoms with Crippen molar-refractivity contribution in [2.45, 2.75) is 112 Å². The second-order valence-corrected chi connectivity index (χ2v) is 15.3. The molecule has 242 valence electrons. The van der Waals surface area contributed by atoms with E-state index in [-0.39, 0.29) is 29.6 Å². The number of allylic oxidation sites excluding steroid dienone is 1. The van der Waals surface area contributed by atoms with Crippen molar-refractivity contribution in [1.29, 1.82) is 0 Å². The lowest BCUT2D eigenvalue weighted by Crippen LogP contribution is -2.68. The molecule has 9 nitrogen and oxygen atoms in total. The van der Waals surface area contributed by atoms with E-state index in [1.165, 1.54) is 0 Å². The Morgan fingerprint density at radius 3 is 2.48 bits per heavy atom. The van der Waals surface area contributed by atoms with E-state index < -0.39 is 40.9 Å². The predicted molar refractivity (Wildman–Crippen MR) is 164 cm³/mol. The highest BCUT2D eigenvalue weighted by Gasteiger charge is 2.74. The van der Waals surface area contributed by atoms with Crippen molar-refractivity contribution in [1.82, 2.24) is 9.78 Å². The molecular formula is C35H50N2O7. The van der Waals surface area contributed by atoms with E-state index in [0.29, 0.717) is 29.3 Å². The fraction of sp³-hybridized carbons (Fsp3) is 0.743. The fourth-order valence-corrected chi connectivity index (χ4v) is 8.87. The first-order chi connectivity index (χ1) is 20.5. The molecule has 44 heavy (non-hydrogen) atoms. The van der Waals surface area contributed by atoms with Gasteiger partial charge in [0.05, 0.1) is 23.4 Å². The lowest BCUT2D eigenvalue weighted by atomic mass is 9.59. The molecule has 3 heterocycles. The summed E-state index contributed by atoms with van der Waals surface area (Å²) in [4.78, 5) is 29.1. The normalized spacial score (nSPS) is 38.1. The van der Waals surface area contributed by atoms with Gasteiger partial charge in [-0.2, -0.15) is 5.10 Å². The van der Waals surface area contributed by atoms with Crippen molar-refractivity contribution in [3.05, 3.63) is 40.2 Å². The molecule has 6 rings (SSSR count). The van der Waals surface area contributed by atoms with Crippen molar-refractivity contribution in [3.8, 4) is 0 Å². The van der Waals surface area contributed by atoms with Crippen LogP contribution in [0, 0.1) is 48.3 Å². The summed E-state index contributed by atoms with van der Waals surface area (Å²) < 4.78 is 26.5. The lowest BCUT2D eigenvalue weighted by Gasteiger charge is -2.52. The molecule has 7 atom stereocenters. The first kappa shape index (κ1) is 31.6. The quantitative estimate of drug-likeness (QED) is 0.370. The molecule has 0 aromatic carbocycles. The van der Waals surface area contributed by atoms with Gasteiger partial charge in [-0.15, -0.1) is 0 Å². The number of nitrogens with zero attached hydrogens (tertiary/aromatic N) is 2. The third-order valence-electron chi connectivity index (χ3n) is 11.9. The summed E-state index contributed by atoms with van der Waals surface area (Å²) in [6.45, 7) is 20.1. The Labute approximate surface area is 261 Å². The van der Waals surface area contributed by atoms with Crippen molar-refractivity contribution in [2.75, 3.05) is 19.8 Å². The van der Waals surface area contributed by atoms with Crippen LogP contribution in [0.2, 0.25) is 0 Å². The number of fused-ring (bicyclic) bond motifs is 3. The first-order valence-electron chi connectivity index (χ1n) is 16.4.